The smallest absolute Gasteiger partial charge is 0.133 e. The first-order valence-corrected chi connectivity index (χ1v) is 5.91. The third kappa shape index (κ3) is 4.75. The van der Waals surface area contributed by atoms with Gasteiger partial charge in [-0.1, -0.05) is 13.8 Å². The van der Waals surface area contributed by atoms with Crippen molar-refractivity contribution in [3.63, 3.8) is 0 Å². The van der Waals surface area contributed by atoms with Crippen LogP contribution in [0.3, 0.4) is 0 Å². The summed E-state index contributed by atoms with van der Waals surface area (Å²) in [6.07, 6.45) is 5.24. The van der Waals surface area contributed by atoms with Gasteiger partial charge in [-0.3, -0.25) is 4.79 Å². The molecule has 1 aliphatic rings. The van der Waals surface area contributed by atoms with Crippen LogP contribution in [0.15, 0.2) is 0 Å². The Balaban J connectivity index is 2.09. The van der Waals surface area contributed by atoms with Crippen LogP contribution in [0.4, 0.5) is 0 Å². The van der Waals surface area contributed by atoms with E-state index >= 15 is 0 Å². The summed E-state index contributed by atoms with van der Waals surface area (Å²) >= 11 is 0. The lowest BCUT2D eigenvalue weighted by Gasteiger charge is -2.22. The van der Waals surface area contributed by atoms with Crippen LogP contribution in [0.1, 0.15) is 46.0 Å². The number of carbonyl (C=O) groups excluding carboxylic acids is 1. The van der Waals surface area contributed by atoms with E-state index in [1.165, 1.54) is 12.8 Å². The number of ketones is 1. The highest BCUT2D eigenvalue weighted by Crippen LogP contribution is 2.17. The van der Waals surface area contributed by atoms with E-state index in [-0.39, 0.29) is 0 Å². The van der Waals surface area contributed by atoms with Crippen LogP contribution in [-0.2, 0) is 4.79 Å². The van der Waals surface area contributed by atoms with Gasteiger partial charge >= 0.3 is 0 Å². The summed E-state index contributed by atoms with van der Waals surface area (Å²) in [7, 11) is 0. The van der Waals surface area contributed by atoms with Crippen molar-refractivity contribution >= 4 is 5.78 Å². The van der Waals surface area contributed by atoms with Gasteiger partial charge in [-0.2, -0.15) is 0 Å². The van der Waals surface area contributed by atoms with Gasteiger partial charge in [0.15, 0.2) is 0 Å². The number of rotatable bonds is 5. The van der Waals surface area contributed by atoms with Crippen LogP contribution >= 0.6 is 0 Å². The molecule has 2 heteroatoms. The second-order valence-corrected chi connectivity index (χ2v) is 4.89. The Hall–Kier alpha value is -0.370. The molecule has 1 N–H and O–H groups in total. The topological polar surface area (TPSA) is 29.1 Å². The molecule has 14 heavy (non-hydrogen) atoms. The van der Waals surface area contributed by atoms with Gasteiger partial charge in [-0.15, -0.1) is 0 Å². The van der Waals surface area contributed by atoms with E-state index in [1.54, 1.807) is 0 Å². The predicted octanol–water partition coefficient (Wildman–Crippen LogP) is 2.38. The van der Waals surface area contributed by atoms with E-state index in [0.29, 0.717) is 11.7 Å². The summed E-state index contributed by atoms with van der Waals surface area (Å²) in [5, 5.41) is 3.39. The molecule has 1 rings (SSSR count). The normalized spacial score (nSPS) is 22.6. The van der Waals surface area contributed by atoms with E-state index < -0.39 is 0 Å². The van der Waals surface area contributed by atoms with Crippen LogP contribution in [0.5, 0.6) is 0 Å². The van der Waals surface area contributed by atoms with Gasteiger partial charge in [0.1, 0.15) is 5.78 Å². The third-order valence-electron chi connectivity index (χ3n) is 2.87. The average Bonchev–Trinajstić information content (AvgIpc) is 2.15. The first-order valence-electron chi connectivity index (χ1n) is 5.91. The van der Waals surface area contributed by atoms with Gasteiger partial charge in [0.05, 0.1) is 0 Å². The van der Waals surface area contributed by atoms with Crippen LogP contribution in [0.2, 0.25) is 0 Å². The number of piperidine rings is 1. The van der Waals surface area contributed by atoms with Gasteiger partial charge in [-0.25, -0.2) is 0 Å². The molecule has 1 saturated heterocycles. The van der Waals surface area contributed by atoms with Crippen molar-refractivity contribution in [2.24, 2.45) is 11.8 Å². The second kappa shape index (κ2) is 6.18. The highest BCUT2D eigenvalue weighted by atomic mass is 16.1. The van der Waals surface area contributed by atoms with Crippen LogP contribution < -0.4 is 5.32 Å². The summed E-state index contributed by atoms with van der Waals surface area (Å²) in [4.78, 5) is 11.5. The van der Waals surface area contributed by atoms with Crippen molar-refractivity contribution < 1.29 is 4.79 Å². The zero-order chi connectivity index (χ0) is 10.4. The molecular weight excluding hydrogens is 174 g/mol. The fourth-order valence-electron chi connectivity index (χ4n) is 2.09. The third-order valence-corrected chi connectivity index (χ3v) is 2.87. The van der Waals surface area contributed by atoms with Gasteiger partial charge in [-0.05, 0) is 44.2 Å². The molecule has 0 aromatic rings. The van der Waals surface area contributed by atoms with Gasteiger partial charge in [0.2, 0.25) is 0 Å². The molecule has 0 amide bonds. The summed E-state index contributed by atoms with van der Waals surface area (Å²) in [6, 6.07) is 0. The molecule has 1 fully saturated rings. The second-order valence-electron chi connectivity index (χ2n) is 4.89. The van der Waals surface area contributed by atoms with E-state index in [1.807, 2.05) is 0 Å². The maximum Gasteiger partial charge on any atom is 0.133 e. The lowest BCUT2D eigenvalue weighted by molar-refractivity contribution is -0.120. The maximum absolute atomic E-state index is 11.5. The SMILES string of the molecule is CC(C)CC(=O)CCC1CCCNC1. The Bertz CT molecular complexity index is 171. The molecule has 0 aromatic heterocycles. The highest BCUT2D eigenvalue weighted by molar-refractivity contribution is 5.78. The standard InChI is InChI=1S/C12H23NO/c1-10(2)8-12(14)6-5-11-4-3-7-13-9-11/h10-11,13H,3-9H2,1-2H3. The van der Waals surface area contributed by atoms with Gasteiger partial charge in [0.25, 0.3) is 0 Å². The molecule has 2 nitrogen and oxygen atoms in total. The van der Waals surface area contributed by atoms with E-state index in [9.17, 15) is 4.79 Å². The Morgan fingerprint density at radius 1 is 1.50 bits per heavy atom. The van der Waals surface area contributed by atoms with Gasteiger partial charge < -0.3 is 5.32 Å². The molecule has 82 valence electrons. The molecule has 0 saturated carbocycles. The summed E-state index contributed by atoms with van der Waals surface area (Å²) in [6.45, 7) is 6.51. The summed E-state index contributed by atoms with van der Waals surface area (Å²) in [5.74, 6) is 1.72. The first-order chi connectivity index (χ1) is 6.68. The summed E-state index contributed by atoms with van der Waals surface area (Å²) < 4.78 is 0. The minimum atomic E-state index is 0.450. The molecule has 1 unspecified atom stereocenters. The number of nitrogens with one attached hydrogen (secondary N) is 1. The van der Waals surface area contributed by atoms with Crippen LogP contribution in [0.25, 0.3) is 0 Å². The largest absolute Gasteiger partial charge is 0.316 e. The van der Waals surface area contributed by atoms with Gasteiger partial charge in [0, 0.05) is 12.8 Å². The minimum absolute atomic E-state index is 0.450. The fraction of sp³-hybridized carbons (Fsp3) is 0.917. The van der Waals surface area contributed by atoms with Crippen molar-refractivity contribution in [1.82, 2.24) is 5.32 Å². The number of hydrogen-bond acceptors (Lipinski definition) is 2. The summed E-state index contributed by atoms with van der Waals surface area (Å²) in [5.41, 5.74) is 0. The first kappa shape index (κ1) is 11.7. The minimum Gasteiger partial charge on any atom is -0.316 e. The van der Waals surface area contributed by atoms with E-state index in [4.69, 9.17) is 0 Å². The molecule has 1 atom stereocenters. The van der Waals surface area contributed by atoms with Crippen LogP contribution in [-0.4, -0.2) is 18.9 Å². The lowest BCUT2D eigenvalue weighted by Crippen LogP contribution is -2.30. The highest BCUT2D eigenvalue weighted by Gasteiger charge is 2.14. The maximum atomic E-state index is 11.5. The fourth-order valence-corrected chi connectivity index (χ4v) is 2.09. The Labute approximate surface area is 87.5 Å². The molecule has 1 aliphatic heterocycles. The van der Waals surface area contributed by atoms with E-state index in [2.05, 4.69) is 19.2 Å². The molecule has 0 bridgehead atoms. The number of carbonyl (C=O) groups is 1. The molecule has 0 aliphatic carbocycles. The Morgan fingerprint density at radius 3 is 2.86 bits per heavy atom. The zero-order valence-corrected chi connectivity index (χ0v) is 9.51. The van der Waals surface area contributed by atoms with E-state index in [0.717, 1.165) is 38.3 Å². The van der Waals surface area contributed by atoms with Crippen molar-refractivity contribution in [3.05, 3.63) is 0 Å². The molecular formula is C12H23NO. The lowest BCUT2D eigenvalue weighted by atomic mass is 9.92. The van der Waals surface area contributed by atoms with Crippen molar-refractivity contribution in [3.8, 4) is 0 Å². The molecule has 1 heterocycles. The Morgan fingerprint density at radius 2 is 2.29 bits per heavy atom. The van der Waals surface area contributed by atoms with Crippen molar-refractivity contribution in [2.75, 3.05) is 13.1 Å². The van der Waals surface area contributed by atoms with Crippen molar-refractivity contribution in [1.29, 1.82) is 0 Å². The molecule has 0 spiro atoms. The number of hydrogen-bond donors (Lipinski definition) is 1. The van der Waals surface area contributed by atoms with Crippen molar-refractivity contribution in [2.45, 2.75) is 46.0 Å². The predicted molar refractivity (Wildman–Crippen MR) is 59.3 cm³/mol. The Kier molecular flexibility index (Phi) is 5.16. The quantitative estimate of drug-likeness (QED) is 0.733. The van der Waals surface area contributed by atoms with Crippen LogP contribution in [0, 0.1) is 11.8 Å². The molecule has 0 radical (unpaired) electrons. The number of Topliss-reactive ketones (excluding diaryl/α,β-unsaturated/α-hetero) is 1. The molecule has 0 aromatic carbocycles. The average molecular weight is 197 g/mol. The zero-order valence-electron chi connectivity index (χ0n) is 9.51. The monoisotopic (exact) mass is 197 g/mol.